The zero-order chi connectivity index (χ0) is 14.4. The summed E-state index contributed by atoms with van der Waals surface area (Å²) in [5, 5.41) is 4.05. The lowest BCUT2D eigenvalue weighted by molar-refractivity contribution is 0.662. The third-order valence-corrected chi connectivity index (χ3v) is 3.75. The Hall–Kier alpha value is -1.24. The topological polar surface area (TPSA) is 28.2 Å². The molecule has 1 saturated carbocycles. The van der Waals surface area contributed by atoms with E-state index in [1.165, 1.54) is 12.8 Å². The standard InChI is InChI=1S/C16H22ClN3/c1-3-9-18-11-15-14(17)7-8-16(19-15)20(10-4-2)12-13-5-6-13/h2,7-8,13,18H,3,5-6,9-12H2,1H3. The van der Waals surface area contributed by atoms with Crippen molar-refractivity contribution in [3.8, 4) is 12.3 Å². The Bertz CT molecular complexity index is 477. The molecule has 1 aliphatic rings. The average Bonchev–Trinajstić information content (AvgIpc) is 3.25. The number of hydrogen-bond acceptors (Lipinski definition) is 3. The Kier molecular flexibility index (Phi) is 5.70. The van der Waals surface area contributed by atoms with Gasteiger partial charge in [0.25, 0.3) is 0 Å². The van der Waals surface area contributed by atoms with Crippen molar-refractivity contribution in [2.45, 2.75) is 32.7 Å². The van der Waals surface area contributed by atoms with Crippen LogP contribution >= 0.6 is 11.6 Å². The van der Waals surface area contributed by atoms with E-state index in [2.05, 4.69) is 28.0 Å². The Morgan fingerprint density at radius 2 is 2.30 bits per heavy atom. The Morgan fingerprint density at radius 3 is 2.95 bits per heavy atom. The molecule has 1 aliphatic carbocycles. The highest BCUT2D eigenvalue weighted by Gasteiger charge is 2.24. The summed E-state index contributed by atoms with van der Waals surface area (Å²) in [6.45, 7) is 5.42. The number of terminal acetylenes is 1. The molecule has 1 heterocycles. The van der Waals surface area contributed by atoms with E-state index in [4.69, 9.17) is 18.0 Å². The molecule has 1 N–H and O–H groups in total. The largest absolute Gasteiger partial charge is 0.345 e. The fraction of sp³-hybridized carbons (Fsp3) is 0.562. The van der Waals surface area contributed by atoms with Gasteiger partial charge in [-0.05, 0) is 43.9 Å². The first kappa shape index (κ1) is 15.2. The minimum absolute atomic E-state index is 0.604. The van der Waals surface area contributed by atoms with Crippen LogP contribution in [0.2, 0.25) is 5.02 Å². The van der Waals surface area contributed by atoms with E-state index in [0.717, 1.165) is 36.9 Å². The molecule has 1 fully saturated rings. The van der Waals surface area contributed by atoms with Gasteiger partial charge in [-0.15, -0.1) is 6.42 Å². The fourth-order valence-electron chi connectivity index (χ4n) is 2.12. The first-order valence-electron chi connectivity index (χ1n) is 7.29. The third-order valence-electron chi connectivity index (χ3n) is 3.40. The Labute approximate surface area is 126 Å². The van der Waals surface area contributed by atoms with Crippen LogP contribution in [0.4, 0.5) is 5.82 Å². The molecule has 3 nitrogen and oxygen atoms in total. The molecule has 4 heteroatoms. The molecule has 0 amide bonds. The molecule has 0 aliphatic heterocycles. The normalized spacial score (nSPS) is 14.1. The molecule has 20 heavy (non-hydrogen) atoms. The van der Waals surface area contributed by atoms with Crippen molar-refractivity contribution in [3.05, 3.63) is 22.8 Å². The van der Waals surface area contributed by atoms with Gasteiger partial charge in [0.15, 0.2) is 0 Å². The minimum atomic E-state index is 0.604. The third kappa shape index (κ3) is 4.40. The number of pyridine rings is 1. The number of rotatable bonds is 8. The number of hydrogen-bond donors (Lipinski definition) is 1. The highest BCUT2D eigenvalue weighted by Crippen LogP contribution is 2.31. The van der Waals surface area contributed by atoms with Crippen LogP contribution in [0.5, 0.6) is 0 Å². The lowest BCUT2D eigenvalue weighted by Gasteiger charge is -2.22. The van der Waals surface area contributed by atoms with E-state index in [0.29, 0.717) is 18.1 Å². The van der Waals surface area contributed by atoms with Gasteiger partial charge in [-0.2, -0.15) is 0 Å². The lowest BCUT2D eigenvalue weighted by atomic mass is 10.3. The van der Waals surface area contributed by atoms with Gasteiger partial charge in [-0.25, -0.2) is 4.98 Å². The predicted molar refractivity (Wildman–Crippen MR) is 85.0 cm³/mol. The molecule has 0 atom stereocenters. The van der Waals surface area contributed by atoms with Crippen LogP contribution in [0.3, 0.4) is 0 Å². The Balaban J connectivity index is 2.08. The summed E-state index contributed by atoms with van der Waals surface area (Å²) in [5.41, 5.74) is 0.899. The smallest absolute Gasteiger partial charge is 0.129 e. The van der Waals surface area contributed by atoms with Gasteiger partial charge in [-0.1, -0.05) is 24.4 Å². The van der Waals surface area contributed by atoms with Crippen molar-refractivity contribution >= 4 is 17.4 Å². The average molecular weight is 292 g/mol. The molecule has 0 aromatic carbocycles. The molecule has 1 aromatic heterocycles. The van der Waals surface area contributed by atoms with Crippen molar-refractivity contribution in [1.29, 1.82) is 0 Å². The van der Waals surface area contributed by atoms with Crippen molar-refractivity contribution in [2.75, 3.05) is 24.5 Å². The zero-order valence-electron chi connectivity index (χ0n) is 12.0. The first-order valence-corrected chi connectivity index (χ1v) is 7.67. The van der Waals surface area contributed by atoms with Gasteiger partial charge >= 0.3 is 0 Å². The summed E-state index contributed by atoms with van der Waals surface area (Å²) >= 11 is 6.21. The fourth-order valence-corrected chi connectivity index (χ4v) is 2.29. The number of nitrogens with zero attached hydrogens (tertiary/aromatic N) is 2. The first-order chi connectivity index (χ1) is 9.74. The van der Waals surface area contributed by atoms with E-state index >= 15 is 0 Å². The van der Waals surface area contributed by atoms with Gasteiger partial charge in [0.2, 0.25) is 0 Å². The van der Waals surface area contributed by atoms with Gasteiger partial charge in [0.05, 0.1) is 17.3 Å². The highest BCUT2D eigenvalue weighted by molar-refractivity contribution is 6.31. The molecular formula is C16H22ClN3. The van der Waals surface area contributed by atoms with Gasteiger partial charge < -0.3 is 10.2 Å². The molecule has 2 rings (SSSR count). The van der Waals surface area contributed by atoms with E-state index in [9.17, 15) is 0 Å². The quantitative estimate of drug-likeness (QED) is 0.589. The summed E-state index contributed by atoms with van der Waals surface area (Å²) in [6, 6.07) is 3.88. The molecule has 108 valence electrons. The van der Waals surface area contributed by atoms with Crippen LogP contribution in [0.15, 0.2) is 12.1 Å². The maximum atomic E-state index is 6.21. The molecule has 0 unspecified atom stereocenters. The summed E-state index contributed by atoms with van der Waals surface area (Å²) in [6.07, 6.45) is 9.18. The van der Waals surface area contributed by atoms with Crippen LogP contribution in [-0.2, 0) is 6.54 Å². The van der Waals surface area contributed by atoms with Crippen LogP contribution in [0.25, 0.3) is 0 Å². The zero-order valence-corrected chi connectivity index (χ0v) is 12.8. The van der Waals surface area contributed by atoms with Crippen LogP contribution in [0, 0.1) is 18.3 Å². The second kappa shape index (κ2) is 7.52. The number of halogens is 1. The number of anilines is 1. The maximum Gasteiger partial charge on any atom is 0.129 e. The number of nitrogens with one attached hydrogen (secondary N) is 1. The van der Waals surface area contributed by atoms with Crippen LogP contribution < -0.4 is 10.2 Å². The van der Waals surface area contributed by atoms with Gasteiger partial charge in [0, 0.05) is 13.1 Å². The lowest BCUT2D eigenvalue weighted by Crippen LogP contribution is -2.27. The molecule has 1 aromatic rings. The number of aromatic nitrogens is 1. The van der Waals surface area contributed by atoms with E-state index < -0.39 is 0 Å². The SMILES string of the molecule is C#CCN(CC1CC1)c1ccc(Cl)c(CNCCC)n1. The second-order valence-electron chi connectivity index (χ2n) is 5.30. The maximum absolute atomic E-state index is 6.21. The minimum Gasteiger partial charge on any atom is -0.345 e. The molecule has 0 bridgehead atoms. The van der Waals surface area contributed by atoms with E-state index in [1.54, 1.807) is 0 Å². The molecule has 0 saturated heterocycles. The molecule has 0 radical (unpaired) electrons. The second-order valence-corrected chi connectivity index (χ2v) is 5.71. The highest BCUT2D eigenvalue weighted by atomic mass is 35.5. The van der Waals surface area contributed by atoms with Gasteiger partial charge in [-0.3, -0.25) is 0 Å². The van der Waals surface area contributed by atoms with E-state index in [-0.39, 0.29) is 0 Å². The van der Waals surface area contributed by atoms with Crippen LogP contribution in [-0.4, -0.2) is 24.6 Å². The summed E-state index contributed by atoms with van der Waals surface area (Å²) < 4.78 is 0. The predicted octanol–water partition coefficient (Wildman–Crippen LogP) is 3.08. The Morgan fingerprint density at radius 1 is 1.50 bits per heavy atom. The van der Waals surface area contributed by atoms with Crippen molar-refractivity contribution in [1.82, 2.24) is 10.3 Å². The molecule has 0 spiro atoms. The molecular weight excluding hydrogens is 270 g/mol. The summed E-state index contributed by atoms with van der Waals surface area (Å²) in [5.74, 6) is 4.44. The van der Waals surface area contributed by atoms with Crippen molar-refractivity contribution < 1.29 is 0 Å². The van der Waals surface area contributed by atoms with Crippen LogP contribution in [0.1, 0.15) is 31.9 Å². The van der Waals surface area contributed by atoms with Gasteiger partial charge in [0.1, 0.15) is 5.82 Å². The van der Waals surface area contributed by atoms with Crippen molar-refractivity contribution in [2.24, 2.45) is 5.92 Å². The van der Waals surface area contributed by atoms with E-state index in [1.807, 2.05) is 12.1 Å². The monoisotopic (exact) mass is 291 g/mol. The van der Waals surface area contributed by atoms with Crippen molar-refractivity contribution in [3.63, 3.8) is 0 Å². The summed E-state index contributed by atoms with van der Waals surface area (Å²) in [7, 11) is 0. The summed E-state index contributed by atoms with van der Waals surface area (Å²) in [4.78, 5) is 6.86.